The van der Waals surface area contributed by atoms with Gasteiger partial charge in [0.1, 0.15) is 17.4 Å². The van der Waals surface area contributed by atoms with Crippen molar-refractivity contribution in [1.82, 2.24) is 19.7 Å². The number of sulfonamides is 1. The predicted octanol–water partition coefficient (Wildman–Crippen LogP) is 5.16. The molecule has 0 amide bonds. The SMILES string of the molecule is Cc1nc(NCC(F)(F)F)nc(N[C@H]2CC[C@@H](CNS(=O)(=O)CCCCl)C2)c1-c1nc2ccccc2s1. The molecule has 3 N–H and O–H groups in total. The number of para-hydroxylation sites is 1. The lowest BCUT2D eigenvalue weighted by Crippen LogP contribution is -2.31. The highest BCUT2D eigenvalue weighted by atomic mass is 35.5. The first-order chi connectivity index (χ1) is 17.5. The lowest BCUT2D eigenvalue weighted by Gasteiger charge is -2.19. The molecule has 2 aromatic heterocycles. The molecular weight excluding hydrogens is 549 g/mol. The number of nitrogens with one attached hydrogen (secondary N) is 3. The standard InChI is InChI=1S/C23H28ClF3N6O2S2/c1-14-19(21-32-17-5-2-3-6-18(17)36-21)20(33-22(30-14)28-13-23(25,26)27)31-16-8-7-15(11-16)12-29-37(34,35)10-4-9-24/h2-3,5-6,15-16,29H,4,7-13H2,1H3,(H2,28,30,31,33)/t15-,16+/m1/s1. The van der Waals surface area contributed by atoms with Crippen molar-refractivity contribution in [2.45, 2.75) is 44.8 Å². The minimum atomic E-state index is -4.41. The molecule has 0 spiro atoms. The van der Waals surface area contributed by atoms with Crippen LogP contribution in [0.3, 0.4) is 0 Å². The summed E-state index contributed by atoms with van der Waals surface area (Å²) >= 11 is 7.06. The van der Waals surface area contributed by atoms with Gasteiger partial charge in [0.15, 0.2) is 0 Å². The highest BCUT2D eigenvalue weighted by Crippen LogP contribution is 2.38. The smallest absolute Gasteiger partial charge is 0.367 e. The minimum absolute atomic E-state index is 0.00958. The lowest BCUT2D eigenvalue weighted by molar-refractivity contribution is -0.115. The van der Waals surface area contributed by atoms with Crippen LogP contribution in [0.25, 0.3) is 20.8 Å². The molecule has 37 heavy (non-hydrogen) atoms. The van der Waals surface area contributed by atoms with Crippen molar-refractivity contribution in [2.24, 2.45) is 5.92 Å². The molecule has 0 aliphatic heterocycles. The molecule has 1 saturated carbocycles. The van der Waals surface area contributed by atoms with Crippen LogP contribution in [0.4, 0.5) is 24.9 Å². The first kappa shape index (κ1) is 27.8. The van der Waals surface area contributed by atoms with Crippen LogP contribution in [0.1, 0.15) is 31.4 Å². The monoisotopic (exact) mass is 576 g/mol. The first-order valence-corrected chi connectivity index (χ1v) is 14.9. The first-order valence-electron chi connectivity index (χ1n) is 11.9. The van der Waals surface area contributed by atoms with E-state index in [-0.39, 0.29) is 29.5 Å². The average molecular weight is 577 g/mol. The molecule has 0 bridgehead atoms. The number of hydrogen-bond acceptors (Lipinski definition) is 8. The predicted molar refractivity (Wildman–Crippen MR) is 142 cm³/mol. The molecule has 1 fully saturated rings. The Hall–Kier alpha value is -2.22. The Morgan fingerprint density at radius 1 is 1.16 bits per heavy atom. The summed E-state index contributed by atoms with van der Waals surface area (Å²) < 4.78 is 66.3. The Morgan fingerprint density at radius 2 is 1.95 bits per heavy atom. The number of aryl methyl sites for hydroxylation is 1. The molecule has 0 radical (unpaired) electrons. The van der Waals surface area contributed by atoms with Gasteiger partial charge in [0.25, 0.3) is 0 Å². The van der Waals surface area contributed by atoms with Crippen LogP contribution >= 0.6 is 22.9 Å². The molecule has 14 heteroatoms. The zero-order valence-electron chi connectivity index (χ0n) is 20.1. The van der Waals surface area contributed by atoms with E-state index in [4.69, 9.17) is 16.6 Å². The van der Waals surface area contributed by atoms with Gasteiger partial charge in [-0.25, -0.2) is 23.1 Å². The molecular formula is C23H28ClF3N6O2S2. The zero-order valence-corrected chi connectivity index (χ0v) is 22.5. The quantitative estimate of drug-likeness (QED) is 0.270. The second kappa shape index (κ2) is 11.7. The Kier molecular flexibility index (Phi) is 8.77. The number of anilines is 2. The van der Waals surface area contributed by atoms with Gasteiger partial charge in [0, 0.05) is 18.5 Å². The summed E-state index contributed by atoms with van der Waals surface area (Å²) in [6.45, 7) is 0.802. The van der Waals surface area contributed by atoms with E-state index in [9.17, 15) is 21.6 Å². The number of aromatic nitrogens is 3. The van der Waals surface area contributed by atoms with Crippen LogP contribution in [0.15, 0.2) is 24.3 Å². The third-order valence-electron chi connectivity index (χ3n) is 6.07. The second-order valence-electron chi connectivity index (χ2n) is 9.04. The zero-order chi connectivity index (χ0) is 26.6. The number of hydrogen-bond donors (Lipinski definition) is 3. The molecule has 1 aliphatic rings. The molecule has 3 aromatic rings. The van der Waals surface area contributed by atoms with Crippen LogP contribution in [-0.2, 0) is 10.0 Å². The Bertz CT molecular complexity index is 1300. The maximum absolute atomic E-state index is 12.8. The number of alkyl halides is 4. The van der Waals surface area contributed by atoms with Gasteiger partial charge >= 0.3 is 6.18 Å². The molecule has 2 heterocycles. The van der Waals surface area contributed by atoms with Gasteiger partial charge in [0.05, 0.1) is 27.2 Å². The van der Waals surface area contributed by atoms with Crippen LogP contribution in [0, 0.1) is 12.8 Å². The van der Waals surface area contributed by atoms with E-state index in [0.717, 1.165) is 23.1 Å². The van der Waals surface area contributed by atoms with Crippen LogP contribution in [0.2, 0.25) is 0 Å². The van der Waals surface area contributed by atoms with E-state index in [0.29, 0.717) is 41.5 Å². The van der Waals surface area contributed by atoms with E-state index in [1.54, 1.807) is 6.92 Å². The summed E-state index contributed by atoms with van der Waals surface area (Å²) in [5.41, 5.74) is 1.96. The van der Waals surface area contributed by atoms with Crippen molar-refractivity contribution >= 4 is 54.9 Å². The maximum atomic E-state index is 12.8. The summed E-state index contributed by atoms with van der Waals surface area (Å²) in [7, 11) is -3.38. The van der Waals surface area contributed by atoms with Gasteiger partial charge < -0.3 is 10.6 Å². The molecule has 0 unspecified atom stereocenters. The molecule has 202 valence electrons. The van der Waals surface area contributed by atoms with Crippen LogP contribution < -0.4 is 15.4 Å². The fourth-order valence-electron chi connectivity index (χ4n) is 4.32. The topological polar surface area (TPSA) is 109 Å². The summed E-state index contributed by atoms with van der Waals surface area (Å²) in [6, 6.07) is 7.62. The fraction of sp³-hybridized carbons (Fsp3) is 0.522. The van der Waals surface area contributed by atoms with E-state index in [1.807, 2.05) is 24.3 Å². The number of benzene rings is 1. The minimum Gasteiger partial charge on any atom is -0.367 e. The van der Waals surface area contributed by atoms with Crippen LogP contribution in [0.5, 0.6) is 0 Å². The second-order valence-corrected chi connectivity index (χ2v) is 12.4. The number of fused-ring (bicyclic) bond motifs is 1. The molecule has 1 aliphatic carbocycles. The average Bonchev–Trinajstić information content (AvgIpc) is 3.46. The van der Waals surface area contributed by atoms with E-state index >= 15 is 0 Å². The van der Waals surface area contributed by atoms with Crippen molar-refractivity contribution in [3.05, 3.63) is 30.0 Å². The van der Waals surface area contributed by atoms with Crippen molar-refractivity contribution in [3.63, 3.8) is 0 Å². The van der Waals surface area contributed by atoms with Crippen molar-refractivity contribution in [1.29, 1.82) is 0 Å². The Balaban J connectivity index is 1.54. The summed E-state index contributed by atoms with van der Waals surface area (Å²) in [6.07, 6.45) is -1.77. The van der Waals surface area contributed by atoms with Gasteiger partial charge in [0.2, 0.25) is 16.0 Å². The number of rotatable bonds is 11. The van der Waals surface area contributed by atoms with E-state index in [1.165, 1.54) is 11.3 Å². The van der Waals surface area contributed by atoms with Gasteiger partial charge in [-0.1, -0.05) is 12.1 Å². The Morgan fingerprint density at radius 3 is 2.68 bits per heavy atom. The normalized spacial score (nSPS) is 18.4. The van der Waals surface area contributed by atoms with Crippen molar-refractivity contribution in [3.8, 4) is 10.6 Å². The van der Waals surface area contributed by atoms with Crippen molar-refractivity contribution in [2.75, 3.05) is 35.4 Å². The highest BCUT2D eigenvalue weighted by Gasteiger charge is 2.30. The Labute approximate surface area is 222 Å². The molecule has 8 nitrogen and oxygen atoms in total. The third kappa shape index (κ3) is 7.65. The molecule has 4 rings (SSSR count). The van der Waals surface area contributed by atoms with Gasteiger partial charge in [-0.2, -0.15) is 18.2 Å². The number of nitrogens with zero attached hydrogens (tertiary/aromatic N) is 3. The lowest BCUT2D eigenvalue weighted by atomic mass is 10.1. The number of thiazole rings is 1. The van der Waals surface area contributed by atoms with Gasteiger partial charge in [-0.3, -0.25) is 0 Å². The summed E-state index contributed by atoms with van der Waals surface area (Å²) in [5.74, 6) is 0.684. The maximum Gasteiger partial charge on any atom is 0.405 e. The molecule has 2 atom stereocenters. The van der Waals surface area contributed by atoms with E-state index < -0.39 is 22.7 Å². The highest BCUT2D eigenvalue weighted by molar-refractivity contribution is 7.89. The van der Waals surface area contributed by atoms with Crippen molar-refractivity contribution < 1.29 is 21.6 Å². The van der Waals surface area contributed by atoms with Gasteiger partial charge in [-0.05, 0) is 50.7 Å². The number of halogens is 4. The van der Waals surface area contributed by atoms with Crippen LogP contribution in [-0.4, -0.2) is 60.3 Å². The van der Waals surface area contributed by atoms with Gasteiger partial charge in [-0.15, -0.1) is 22.9 Å². The largest absolute Gasteiger partial charge is 0.405 e. The summed E-state index contributed by atoms with van der Waals surface area (Å²) in [4.78, 5) is 13.4. The fourth-order valence-corrected chi connectivity index (χ4v) is 6.83. The third-order valence-corrected chi connectivity index (χ3v) is 8.82. The molecule has 1 aromatic carbocycles. The van der Waals surface area contributed by atoms with E-state index in [2.05, 4.69) is 25.3 Å². The summed E-state index contributed by atoms with van der Waals surface area (Å²) in [5, 5.41) is 6.33. The molecule has 0 saturated heterocycles.